The van der Waals surface area contributed by atoms with Gasteiger partial charge in [-0.15, -0.1) is 0 Å². The van der Waals surface area contributed by atoms with Gasteiger partial charge in [0.05, 0.1) is 41.0 Å². The van der Waals surface area contributed by atoms with E-state index in [9.17, 15) is 12.8 Å². The third-order valence-electron chi connectivity index (χ3n) is 4.84. The summed E-state index contributed by atoms with van der Waals surface area (Å²) >= 11 is 3.13. The molecule has 4 aromatic rings. The lowest BCUT2D eigenvalue weighted by molar-refractivity contribution is 0.413. The first-order valence-electron chi connectivity index (χ1n) is 9.77. The van der Waals surface area contributed by atoms with E-state index in [1.807, 2.05) is 0 Å². The first kappa shape index (κ1) is 23.5. The van der Waals surface area contributed by atoms with Crippen LogP contribution in [0.2, 0.25) is 0 Å². The number of methoxy groups -OCH3 is 2. The molecule has 0 aliphatic rings. The van der Waals surface area contributed by atoms with Gasteiger partial charge in [-0.3, -0.25) is 14.7 Å². The maximum absolute atomic E-state index is 14.4. The lowest BCUT2D eigenvalue weighted by Crippen LogP contribution is -2.15. The molecule has 0 aliphatic heterocycles. The van der Waals surface area contributed by atoms with E-state index in [4.69, 9.17) is 9.47 Å². The molecule has 0 amide bonds. The second kappa shape index (κ2) is 9.67. The third kappa shape index (κ3) is 4.66. The van der Waals surface area contributed by atoms with E-state index in [0.717, 1.165) is 6.07 Å². The summed E-state index contributed by atoms with van der Waals surface area (Å²) in [7, 11) is -1.18. The van der Waals surface area contributed by atoms with Gasteiger partial charge in [0, 0.05) is 30.0 Å². The Hall–Kier alpha value is -3.68. The van der Waals surface area contributed by atoms with Crippen LogP contribution in [0.25, 0.3) is 10.9 Å². The first-order valence-corrected chi connectivity index (χ1v) is 12.1. The highest BCUT2D eigenvalue weighted by molar-refractivity contribution is 9.10. The number of hydrogen-bond donors (Lipinski definition) is 1. The summed E-state index contributed by atoms with van der Waals surface area (Å²) in [5, 5.41) is 0.526. The molecule has 0 unspecified atom stereocenters. The molecule has 0 aliphatic carbocycles. The molecule has 172 valence electrons. The number of nitrogens with zero attached hydrogens (tertiary/aromatic N) is 2. The van der Waals surface area contributed by atoms with Gasteiger partial charge >= 0.3 is 0 Å². The van der Waals surface area contributed by atoms with Crippen LogP contribution in [0.3, 0.4) is 0 Å². The summed E-state index contributed by atoms with van der Waals surface area (Å²) in [6.07, 6.45) is 4.56. The Morgan fingerprint density at radius 2 is 1.76 bits per heavy atom. The topological polar surface area (TPSA) is 90.4 Å². The molecule has 2 heterocycles. The molecule has 0 atom stereocenters. The van der Waals surface area contributed by atoms with Crippen molar-refractivity contribution in [2.75, 3.05) is 18.9 Å². The highest BCUT2D eigenvalue weighted by Crippen LogP contribution is 2.32. The molecule has 10 heteroatoms. The number of hydrogen-bond acceptors (Lipinski definition) is 6. The second-order valence-electron chi connectivity index (χ2n) is 6.91. The minimum Gasteiger partial charge on any atom is -0.496 e. The molecule has 2 aromatic carbocycles. The van der Waals surface area contributed by atoms with E-state index in [2.05, 4.69) is 42.5 Å². The summed E-state index contributed by atoms with van der Waals surface area (Å²) in [6.45, 7) is 0. The molecule has 0 saturated heterocycles. The summed E-state index contributed by atoms with van der Waals surface area (Å²) in [4.78, 5) is 8.16. The predicted molar refractivity (Wildman–Crippen MR) is 130 cm³/mol. The number of halogens is 2. The van der Waals surface area contributed by atoms with Crippen LogP contribution in [0.4, 0.5) is 10.1 Å². The molecule has 0 bridgehead atoms. The summed E-state index contributed by atoms with van der Waals surface area (Å²) in [5.74, 6) is 6.09. The number of nitrogens with one attached hydrogen (secondary N) is 1. The summed E-state index contributed by atoms with van der Waals surface area (Å²) in [5.41, 5.74) is 0.925. The average molecular weight is 542 g/mol. The molecule has 1 N–H and O–H groups in total. The van der Waals surface area contributed by atoms with Gasteiger partial charge in [0.25, 0.3) is 10.0 Å². The fraction of sp³-hybridized carbons (Fsp3) is 0.0833. The number of aromatic nitrogens is 2. The molecule has 4 rings (SSSR count). The van der Waals surface area contributed by atoms with Crippen LogP contribution in [0.1, 0.15) is 11.1 Å². The molecular weight excluding hydrogens is 525 g/mol. The normalized spacial score (nSPS) is 10.9. The van der Waals surface area contributed by atoms with Crippen molar-refractivity contribution >= 4 is 42.5 Å². The van der Waals surface area contributed by atoms with Gasteiger partial charge in [-0.2, -0.15) is 0 Å². The predicted octanol–water partition coefficient (Wildman–Crippen LogP) is 4.75. The Bertz CT molecular complexity index is 1570. The summed E-state index contributed by atoms with van der Waals surface area (Å²) in [6, 6.07) is 10.4. The van der Waals surface area contributed by atoms with Crippen LogP contribution >= 0.6 is 15.9 Å². The molecule has 0 saturated carbocycles. The third-order valence-corrected chi connectivity index (χ3v) is 6.84. The van der Waals surface area contributed by atoms with E-state index >= 15 is 0 Å². The molecule has 2 aromatic heterocycles. The largest absolute Gasteiger partial charge is 0.496 e. The minimum atomic E-state index is -4.17. The van der Waals surface area contributed by atoms with E-state index in [1.54, 1.807) is 24.4 Å². The molecular formula is C24H17BrFN3O4S. The fourth-order valence-electron chi connectivity index (χ4n) is 3.24. The summed E-state index contributed by atoms with van der Waals surface area (Å²) < 4.78 is 54.2. The van der Waals surface area contributed by atoms with E-state index in [0.29, 0.717) is 22.4 Å². The van der Waals surface area contributed by atoms with Gasteiger partial charge in [-0.25, -0.2) is 12.8 Å². The average Bonchev–Trinajstić information content (AvgIpc) is 2.84. The van der Waals surface area contributed by atoms with Crippen LogP contribution in [-0.4, -0.2) is 32.6 Å². The van der Waals surface area contributed by atoms with Crippen molar-refractivity contribution in [1.82, 2.24) is 9.97 Å². The quantitative estimate of drug-likeness (QED) is 0.366. The van der Waals surface area contributed by atoms with Crippen LogP contribution in [-0.2, 0) is 10.0 Å². The van der Waals surface area contributed by atoms with E-state index < -0.39 is 15.8 Å². The Morgan fingerprint density at radius 1 is 1.00 bits per heavy atom. The molecule has 0 spiro atoms. The Kier molecular flexibility index (Phi) is 6.68. The van der Waals surface area contributed by atoms with Crippen molar-refractivity contribution in [1.29, 1.82) is 0 Å². The first-order chi connectivity index (χ1) is 16.3. The van der Waals surface area contributed by atoms with Crippen molar-refractivity contribution < 1.29 is 22.3 Å². The van der Waals surface area contributed by atoms with Crippen molar-refractivity contribution in [3.8, 4) is 23.3 Å². The molecule has 0 radical (unpaired) electrons. The van der Waals surface area contributed by atoms with E-state index in [1.165, 1.54) is 44.8 Å². The monoisotopic (exact) mass is 541 g/mol. The fourth-order valence-corrected chi connectivity index (χ4v) is 4.81. The van der Waals surface area contributed by atoms with Gasteiger partial charge in [-0.1, -0.05) is 11.8 Å². The number of benzene rings is 2. The van der Waals surface area contributed by atoms with Crippen molar-refractivity contribution in [3.05, 3.63) is 82.5 Å². The number of fused-ring (bicyclic) bond motifs is 1. The van der Waals surface area contributed by atoms with Crippen LogP contribution in [0.15, 0.2) is 70.4 Å². The van der Waals surface area contributed by atoms with Crippen LogP contribution < -0.4 is 14.2 Å². The maximum Gasteiger partial charge on any atom is 0.264 e. The second-order valence-corrected chi connectivity index (χ2v) is 9.41. The van der Waals surface area contributed by atoms with Crippen molar-refractivity contribution in [2.45, 2.75) is 4.90 Å². The lowest BCUT2D eigenvalue weighted by atomic mass is 10.1. The van der Waals surface area contributed by atoms with Gasteiger partial charge in [-0.05, 0) is 52.3 Å². The Labute approximate surface area is 204 Å². The number of rotatable bonds is 5. The van der Waals surface area contributed by atoms with Gasteiger partial charge in [0.2, 0.25) is 0 Å². The Morgan fingerprint density at radius 3 is 2.53 bits per heavy atom. The molecule has 34 heavy (non-hydrogen) atoms. The van der Waals surface area contributed by atoms with Crippen molar-refractivity contribution in [2.24, 2.45) is 0 Å². The van der Waals surface area contributed by atoms with Crippen molar-refractivity contribution in [3.63, 3.8) is 0 Å². The highest BCUT2D eigenvalue weighted by Gasteiger charge is 2.22. The number of anilines is 1. The molecule has 0 fully saturated rings. The minimum absolute atomic E-state index is 0.0315. The standard InChI is InChI=1S/C24H17BrFN3O4S/c1-32-21-9-11-27-14-16(21)6-5-15-12-18(25)19(26)13-20(15)29-34(30,31)23-8-7-22(33-2)17-4-3-10-28-24(17)23/h3-4,7-14,29H,1-2H3. The highest BCUT2D eigenvalue weighted by atomic mass is 79.9. The zero-order valence-corrected chi connectivity index (χ0v) is 20.4. The SMILES string of the molecule is COc1ccncc1C#Cc1cc(Br)c(F)cc1NS(=O)(=O)c1ccc(OC)c2cccnc12. The van der Waals surface area contributed by atoms with Gasteiger partial charge in [0.1, 0.15) is 22.2 Å². The Balaban J connectivity index is 1.80. The zero-order chi connectivity index (χ0) is 24.3. The molecule has 7 nitrogen and oxygen atoms in total. The van der Waals surface area contributed by atoms with Gasteiger partial charge < -0.3 is 9.47 Å². The zero-order valence-electron chi connectivity index (χ0n) is 18.0. The smallest absolute Gasteiger partial charge is 0.264 e. The van der Waals surface area contributed by atoms with Crippen LogP contribution in [0, 0.1) is 17.7 Å². The number of ether oxygens (including phenoxy) is 2. The maximum atomic E-state index is 14.4. The van der Waals surface area contributed by atoms with E-state index in [-0.39, 0.29) is 26.1 Å². The number of pyridine rings is 2. The number of sulfonamides is 1. The lowest BCUT2D eigenvalue weighted by Gasteiger charge is -2.13. The van der Waals surface area contributed by atoms with Crippen LogP contribution in [0.5, 0.6) is 11.5 Å². The van der Waals surface area contributed by atoms with Gasteiger partial charge in [0.15, 0.2) is 0 Å².